The topological polar surface area (TPSA) is 38.9 Å². The van der Waals surface area contributed by atoms with Crippen LogP contribution in [0.3, 0.4) is 0 Å². The molecule has 0 aliphatic carbocycles. The zero-order valence-corrected chi connectivity index (χ0v) is 9.23. The van der Waals surface area contributed by atoms with Gasteiger partial charge in [0.05, 0.1) is 6.20 Å². The minimum Gasteiger partial charge on any atom is -0.346 e. The summed E-state index contributed by atoms with van der Waals surface area (Å²) in [5, 5.41) is 6.40. The normalized spacial score (nSPS) is 9.18. The Balaban J connectivity index is 0.000000181. The van der Waals surface area contributed by atoms with E-state index < -0.39 is 0 Å². The van der Waals surface area contributed by atoms with Gasteiger partial charge in [0, 0.05) is 5.27 Å². The van der Waals surface area contributed by atoms with E-state index in [9.17, 15) is 0 Å². The van der Waals surface area contributed by atoms with Gasteiger partial charge in [-0.1, -0.05) is 60.7 Å². The summed E-state index contributed by atoms with van der Waals surface area (Å²) in [6, 6.07) is 20.8. The predicted molar refractivity (Wildman–Crippen MR) is 66.2 cm³/mol. The van der Waals surface area contributed by atoms with E-state index >= 15 is 0 Å². The third kappa shape index (κ3) is 3.57. The first-order valence-electron chi connectivity index (χ1n) is 5.28. The highest BCUT2D eigenvalue weighted by molar-refractivity contribution is 5.62. The quantitative estimate of drug-likeness (QED) is 0.635. The molecule has 3 rings (SSSR count). The van der Waals surface area contributed by atoms with Crippen LogP contribution in [0.5, 0.6) is 0 Å². The number of aromatic nitrogens is 2. The minimum absolute atomic E-state index is 1.28. The van der Waals surface area contributed by atoms with Gasteiger partial charge in [0.2, 0.25) is 0 Å². The molecule has 0 atom stereocenters. The summed E-state index contributed by atoms with van der Waals surface area (Å²) in [4.78, 5) is 0. The Hall–Kier alpha value is -2.42. The van der Waals surface area contributed by atoms with E-state index in [-0.39, 0.29) is 0 Å². The summed E-state index contributed by atoms with van der Waals surface area (Å²) in [5.74, 6) is 0. The molecule has 0 saturated heterocycles. The number of hydrogen-bond donors (Lipinski definition) is 0. The van der Waals surface area contributed by atoms with Crippen molar-refractivity contribution < 1.29 is 4.52 Å². The standard InChI is InChI=1S/C12H10.C2H2N2O/c1-3-7-11(8-4-1)12-9-5-2-6-10-12;1-2-5-4-3-1/h1-10H;1-2H. The molecule has 0 aliphatic rings. The van der Waals surface area contributed by atoms with Gasteiger partial charge in [0.15, 0.2) is 0 Å². The molecule has 0 bridgehead atoms. The molecule has 3 aromatic rings. The van der Waals surface area contributed by atoms with E-state index in [4.69, 9.17) is 0 Å². The van der Waals surface area contributed by atoms with E-state index in [1.54, 1.807) is 0 Å². The van der Waals surface area contributed by atoms with Gasteiger partial charge in [-0.05, 0) is 11.1 Å². The number of nitrogens with zero attached hydrogens (tertiary/aromatic N) is 2. The van der Waals surface area contributed by atoms with Crippen molar-refractivity contribution in [1.29, 1.82) is 0 Å². The van der Waals surface area contributed by atoms with Gasteiger partial charge >= 0.3 is 0 Å². The largest absolute Gasteiger partial charge is 0.346 e. The summed E-state index contributed by atoms with van der Waals surface area (Å²) >= 11 is 0. The molecule has 2 aromatic carbocycles. The second-order valence-corrected chi connectivity index (χ2v) is 3.32. The van der Waals surface area contributed by atoms with Crippen LogP contribution in [-0.4, -0.2) is 10.4 Å². The van der Waals surface area contributed by atoms with Crippen LogP contribution >= 0.6 is 0 Å². The predicted octanol–water partition coefficient (Wildman–Crippen LogP) is 3.42. The monoisotopic (exact) mass is 224 g/mol. The molecule has 0 aliphatic heterocycles. The van der Waals surface area contributed by atoms with Crippen molar-refractivity contribution in [2.75, 3.05) is 0 Å². The van der Waals surface area contributed by atoms with Gasteiger partial charge in [0.1, 0.15) is 6.26 Å². The van der Waals surface area contributed by atoms with Crippen molar-refractivity contribution >= 4 is 0 Å². The molecule has 0 spiro atoms. The number of rotatable bonds is 1. The smallest absolute Gasteiger partial charge is 0.144 e. The maximum Gasteiger partial charge on any atom is 0.144 e. The van der Waals surface area contributed by atoms with Crippen molar-refractivity contribution in [2.45, 2.75) is 0 Å². The molecule has 17 heavy (non-hydrogen) atoms. The summed E-state index contributed by atoms with van der Waals surface area (Å²) in [7, 11) is 0. The maximum absolute atomic E-state index is 4.22. The Morgan fingerprint density at radius 3 is 1.53 bits per heavy atom. The van der Waals surface area contributed by atoms with Crippen molar-refractivity contribution in [3.8, 4) is 11.1 Å². The molecule has 3 nitrogen and oxygen atoms in total. The zero-order valence-electron chi connectivity index (χ0n) is 9.23. The van der Waals surface area contributed by atoms with Gasteiger partial charge in [-0.15, -0.1) is 5.10 Å². The fourth-order valence-corrected chi connectivity index (χ4v) is 1.40. The SMILES string of the molecule is c1ccc(-c2ccccc2)cc1.c1conn1. The molecular formula is C14H12N2O. The lowest BCUT2D eigenvalue weighted by molar-refractivity contribution is 0.393. The van der Waals surface area contributed by atoms with Crippen LogP contribution in [0, 0.1) is 0 Å². The van der Waals surface area contributed by atoms with Crippen LogP contribution < -0.4 is 0 Å². The molecule has 0 saturated carbocycles. The van der Waals surface area contributed by atoms with Crippen LogP contribution in [0.2, 0.25) is 0 Å². The Labute approximate surface area is 99.7 Å². The molecule has 0 amide bonds. The molecule has 1 heterocycles. The maximum atomic E-state index is 4.22. The van der Waals surface area contributed by atoms with Crippen LogP contribution in [-0.2, 0) is 0 Å². The van der Waals surface area contributed by atoms with Gasteiger partial charge in [-0.2, -0.15) is 0 Å². The van der Waals surface area contributed by atoms with E-state index in [0.717, 1.165) is 0 Å². The lowest BCUT2D eigenvalue weighted by atomic mass is 10.1. The molecule has 0 unspecified atom stereocenters. The van der Waals surface area contributed by atoms with Crippen molar-refractivity contribution in [2.24, 2.45) is 0 Å². The molecule has 1 aromatic heterocycles. The van der Waals surface area contributed by atoms with E-state index in [1.807, 2.05) is 12.1 Å². The second-order valence-electron chi connectivity index (χ2n) is 3.32. The van der Waals surface area contributed by atoms with Gasteiger partial charge in [-0.3, -0.25) is 0 Å². The Kier molecular flexibility index (Phi) is 4.06. The lowest BCUT2D eigenvalue weighted by Gasteiger charge is -1.98. The number of benzene rings is 2. The first kappa shape index (κ1) is 11.1. The van der Waals surface area contributed by atoms with Crippen LogP contribution in [0.1, 0.15) is 0 Å². The molecule has 0 fully saturated rings. The summed E-state index contributed by atoms with van der Waals surface area (Å²) in [6.45, 7) is 0. The third-order valence-electron chi connectivity index (χ3n) is 2.16. The fourth-order valence-electron chi connectivity index (χ4n) is 1.40. The molecule has 0 N–H and O–H groups in total. The Bertz CT molecular complexity index is 452. The highest BCUT2D eigenvalue weighted by Gasteiger charge is 1.91. The van der Waals surface area contributed by atoms with Gasteiger partial charge < -0.3 is 4.52 Å². The van der Waals surface area contributed by atoms with Crippen LogP contribution in [0.15, 0.2) is 77.6 Å². The summed E-state index contributed by atoms with van der Waals surface area (Å²) in [5.41, 5.74) is 2.55. The van der Waals surface area contributed by atoms with E-state index in [0.29, 0.717) is 0 Å². The second kappa shape index (κ2) is 6.23. The molecule has 0 radical (unpaired) electrons. The summed E-state index contributed by atoms with van der Waals surface area (Å²) < 4.78 is 4.22. The van der Waals surface area contributed by atoms with E-state index in [2.05, 4.69) is 63.4 Å². The average molecular weight is 224 g/mol. The van der Waals surface area contributed by atoms with Gasteiger partial charge in [0.25, 0.3) is 0 Å². The molecule has 3 heteroatoms. The first-order valence-corrected chi connectivity index (χ1v) is 5.28. The number of hydrogen-bond acceptors (Lipinski definition) is 3. The van der Waals surface area contributed by atoms with Crippen molar-refractivity contribution in [1.82, 2.24) is 10.4 Å². The highest BCUT2D eigenvalue weighted by Crippen LogP contribution is 2.17. The van der Waals surface area contributed by atoms with Gasteiger partial charge in [-0.25, -0.2) is 0 Å². The fraction of sp³-hybridized carbons (Fsp3) is 0. The molecule has 84 valence electrons. The Morgan fingerprint density at radius 1 is 0.706 bits per heavy atom. The highest BCUT2D eigenvalue weighted by atomic mass is 16.5. The van der Waals surface area contributed by atoms with Crippen molar-refractivity contribution in [3.05, 3.63) is 73.1 Å². The summed E-state index contributed by atoms with van der Waals surface area (Å²) in [6.07, 6.45) is 2.88. The third-order valence-corrected chi connectivity index (χ3v) is 2.16. The lowest BCUT2D eigenvalue weighted by Crippen LogP contribution is -1.73. The zero-order chi connectivity index (χ0) is 11.8. The van der Waals surface area contributed by atoms with Crippen LogP contribution in [0.25, 0.3) is 11.1 Å². The van der Waals surface area contributed by atoms with Crippen molar-refractivity contribution in [3.63, 3.8) is 0 Å². The average Bonchev–Trinajstić information content (AvgIpc) is 3.00. The first-order chi connectivity index (χ1) is 8.47. The van der Waals surface area contributed by atoms with Crippen LogP contribution in [0.4, 0.5) is 0 Å². The van der Waals surface area contributed by atoms with E-state index in [1.165, 1.54) is 23.6 Å². The Morgan fingerprint density at radius 2 is 1.24 bits per heavy atom. The minimum atomic E-state index is 1.28. The molecular weight excluding hydrogens is 212 g/mol.